The van der Waals surface area contributed by atoms with Gasteiger partial charge in [0.15, 0.2) is 0 Å². The van der Waals surface area contributed by atoms with Crippen molar-refractivity contribution in [1.29, 1.82) is 0 Å². The highest BCUT2D eigenvalue weighted by atomic mass is 32.2. The van der Waals surface area contributed by atoms with Crippen LogP contribution in [0.15, 0.2) is 42.5 Å². The quantitative estimate of drug-likeness (QED) is 0.630. The summed E-state index contributed by atoms with van der Waals surface area (Å²) >= 11 is 0.897. The Kier molecular flexibility index (Phi) is 5.75. The number of nitro groups is 1. The highest BCUT2D eigenvalue weighted by molar-refractivity contribution is 8.14. The Hall–Kier alpha value is -2.87. The highest BCUT2D eigenvalue weighted by Gasteiger charge is 2.24. The second-order valence-corrected chi connectivity index (χ2v) is 7.19. The molecule has 140 valence electrons. The molecule has 0 fully saturated rings. The van der Waals surface area contributed by atoms with E-state index < -0.39 is 10.8 Å². The maximum absolute atomic E-state index is 12.6. The first kappa shape index (κ1) is 18.9. The SMILES string of the molecule is Cc1ccc2c(c1)CCCN2C(=O)SCC(=O)Nc1ccccc1[N+](=O)[O-]. The van der Waals surface area contributed by atoms with Crippen LogP contribution in [0.25, 0.3) is 0 Å². The predicted octanol–water partition coefficient (Wildman–Crippen LogP) is 4.15. The molecule has 0 spiro atoms. The van der Waals surface area contributed by atoms with Gasteiger partial charge in [-0.15, -0.1) is 0 Å². The molecule has 27 heavy (non-hydrogen) atoms. The molecule has 3 rings (SSSR count). The molecule has 2 amide bonds. The molecular formula is C19H19N3O4S. The fourth-order valence-electron chi connectivity index (χ4n) is 3.05. The summed E-state index contributed by atoms with van der Waals surface area (Å²) in [5.74, 6) is -0.563. The van der Waals surface area contributed by atoms with E-state index in [1.165, 1.54) is 18.2 Å². The first-order valence-electron chi connectivity index (χ1n) is 8.53. The summed E-state index contributed by atoms with van der Waals surface area (Å²) in [6.07, 6.45) is 1.81. The van der Waals surface area contributed by atoms with Gasteiger partial charge in [0, 0.05) is 18.3 Å². The number of carbonyl (C=O) groups excluding carboxylic acids is 2. The summed E-state index contributed by atoms with van der Waals surface area (Å²) < 4.78 is 0. The number of nitrogens with one attached hydrogen (secondary N) is 1. The third-order valence-electron chi connectivity index (χ3n) is 4.28. The molecular weight excluding hydrogens is 366 g/mol. The average Bonchev–Trinajstić information content (AvgIpc) is 2.65. The summed E-state index contributed by atoms with van der Waals surface area (Å²) in [5.41, 5.74) is 3.13. The summed E-state index contributed by atoms with van der Waals surface area (Å²) in [6.45, 7) is 2.64. The number of para-hydroxylation sites is 2. The number of anilines is 2. The van der Waals surface area contributed by atoms with E-state index in [2.05, 4.69) is 11.4 Å². The van der Waals surface area contributed by atoms with Crippen LogP contribution in [0.2, 0.25) is 0 Å². The number of benzene rings is 2. The van der Waals surface area contributed by atoms with Crippen LogP contribution >= 0.6 is 11.8 Å². The maximum Gasteiger partial charge on any atom is 0.292 e. The van der Waals surface area contributed by atoms with Crippen LogP contribution in [0.3, 0.4) is 0 Å². The summed E-state index contributed by atoms with van der Waals surface area (Å²) in [6, 6.07) is 11.9. The van der Waals surface area contributed by atoms with Crippen molar-refractivity contribution in [3.05, 3.63) is 63.7 Å². The fourth-order valence-corrected chi connectivity index (χ4v) is 3.72. The normalized spacial score (nSPS) is 13.0. The molecule has 2 aromatic carbocycles. The van der Waals surface area contributed by atoms with Gasteiger partial charge in [-0.25, -0.2) is 0 Å². The van der Waals surface area contributed by atoms with E-state index in [9.17, 15) is 19.7 Å². The van der Waals surface area contributed by atoms with E-state index >= 15 is 0 Å². The van der Waals surface area contributed by atoms with E-state index in [-0.39, 0.29) is 22.4 Å². The van der Waals surface area contributed by atoms with Gasteiger partial charge in [-0.2, -0.15) is 0 Å². The molecule has 8 heteroatoms. The van der Waals surface area contributed by atoms with E-state index in [0.29, 0.717) is 6.54 Å². The lowest BCUT2D eigenvalue weighted by molar-refractivity contribution is -0.383. The third kappa shape index (κ3) is 4.46. The predicted molar refractivity (Wildman–Crippen MR) is 106 cm³/mol. The van der Waals surface area contributed by atoms with Crippen LogP contribution in [0, 0.1) is 17.0 Å². The number of thioether (sulfide) groups is 1. The molecule has 0 radical (unpaired) electrons. The minimum Gasteiger partial charge on any atom is -0.320 e. The van der Waals surface area contributed by atoms with E-state index in [1.807, 2.05) is 19.1 Å². The lowest BCUT2D eigenvalue weighted by Gasteiger charge is -2.29. The number of amides is 2. The number of nitrogens with zero attached hydrogens (tertiary/aromatic N) is 2. The van der Waals surface area contributed by atoms with Crippen molar-refractivity contribution in [3.63, 3.8) is 0 Å². The van der Waals surface area contributed by atoms with Gasteiger partial charge in [-0.05, 0) is 37.5 Å². The molecule has 1 heterocycles. The molecule has 0 saturated heterocycles. The number of aryl methyl sites for hydroxylation is 2. The Labute approximate surface area is 160 Å². The summed E-state index contributed by atoms with van der Waals surface area (Å²) in [5, 5.41) is 13.3. The number of fused-ring (bicyclic) bond motifs is 1. The van der Waals surface area contributed by atoms with Crippen LogP contribution in [-0.2, 0) is 11.2 Å². The Morgan fingerprint density at radius 3 is 2.81 bits per heavy atom. The molecule has 0 aliphatic carbocycles. The first-order valence-corrected chi connectivity index (χ1v) is 9.51. The van der Waals surface area contributed by atoms with Crippen LogP contribution < -0.4 is 10.2 Å². The van der Waals surface area contributed by atoms with Gasteiger partial charge in [0.25, 0.3) is 10.9 Å². The molecule has 1 aliphatic rings. The van der Waals surface area contributed by atoms with Crippen molar-refractivity contribution >= 4 is 40.0 Å². The molecule has 0 saturated carbocycles. The Balaban J connectivity index is 1.62. The Bertz CT molecular complexity index is 900. The molecule has 0 atom stereocenters. The van der Waals surface area contributed by atoms with Crippen LogP contribution in [-0.4, -0.2) is 28.4 Å². The molecule has 2 aromatic rings. The van der Waals surface area contributed by atoms with Gasteiger partial charge in [-0.3, -0.25) is 19.7 Å². The Morgan fingerprint density at radius 1 is 1.26 bits per heavy atom. The standard InChI is InChI=1S/C19H19N3O4S/c1-13-8-9-16-14(11-13)5-4-10-21(16)19(24)27-12-18(23)20-15-6-2-3-7-17(15)22(25)26/h2-3,6-9,11H,4-5,10,12H2,1H3,(H,20,23). The zero-order chi connectivity index (χ0) is 19.4. The molecule has 0 bridgehead atoms. The van der Waals surface area contributed by atoms with Gasteiger partial charge in [0.05, 0.1) is 10.7 Å². The molecule has 1 N–H and O–H groups in total. The van der Waals surface area contributed by atoms with Crippen LogP contribution in [0.4, 0.5) is 21.9 Å². The molecule has 0 aromatic heterocycles. The minimum atomic E-state index is -0.555. The second-order valence-electron chi connectivity index (χ2n) is 6.26. The van der Waals surface area contributed by atoms with Crippen molar-refractivity contribution in [3.8, 4) is 0 Å². The number of hydrogen-bond acceptors (Lipinski definition) is 5. The van der Waals surface area contributed by atoms with Gasteiger partial charge >= 0.3 is 0 Å². The molecule has 7 nitrogen and oxygen atoms in total. The third-order valence-corrected chi connectivity index (χ3v) is 5.15. The van der Waals surface area contributed by atoms with E-state index in [4.69, 9.17) is 0 Å². The smallest absolute Gasteiger partial charge is 0.292 e. The second kappa shape index (κ2) is 8.22. The van der Waals surface area contributed by atoms with Crippen molar-refractivity contribution < 1.29 is 14.5 Å². The molecule has 0 unspecified atom stereocenters. The minimum absolute atomic E-state index is 0.109. The van der Waals surface area contributed by atoms with Gasteiger partial charge in [0.2, 0.25) is 5.91 Å². The largest absolute Gasteiger partial charge is 0.320 e. The van der Waals surface area contributed by atoms with Gasteiger partial charge < -0.3 is 10.2 Å². The fraction of sp³-hybridized carbons (Fsp3) is 0.263. The van der Waals surface area contributed by atoms with Crippen molar-refractivity contribution in [1.82, 2.24) is 0 Å². The zero-order valence-electron chi connectivity index (χ0n) is 14.8. The van der Waals surface area contributed by atoms with Crippen LogP contribution in [0.5, 0.6) is 0 Å². The zero-order valence-corrected chi connectivity index (χ0v) is 15.6. The van der Waals surface area contributed by atoms with E-state index in [0.717, 1.165) is 41.4 Å². The average molecular weight is 385 g/mol. The van der Waals surface area contributed by atoms with Gasteiger partial charge in [-0.1, -0.05) is 41.6 Å². The maximum atomic E-state index is 12.6. The van der Waals surface area contributed by atoms with Crippen molar-refractivity contribution in [2.45, 2.75) is 19.8 Å². The number of hydrogen-bond donors (Lipinski definition) is 1. The monoisotopic (exact) mass is 385 g/mol. The number of carbonyl (C=O) groups is 2. The first-order chi connectivity index (χ1) is 13.0. The topological polar surface area (TPSA) is 92.6 Å². The lowest BCUT2D eigenvalue weighted by atomic mass is 10.0. The van der Waals surface area contributed by atoms with Crippen molar-refractivity contribution in [2.24, 2.45) is 0 Å². The lowest BCUT2D eigenvalue weighted by Crippen LogP contribution is -2.33. The number of rotatable bonds is 4. The molecule has 1 aliphatic heterocycles. The Morgan fingerprint density at radius 2 is 2.04 bits per heavy atom. The summed E-state index contributed by atoms with van der Waals surface area (Å²) in [4.78, 5) is 36.9. The number of nitro benzene ring substituents is 1. The summed E-state index contributed by atoms with van der Waals surface area (Å²) in [7, 11) is 0. The van der Waals surface area contributed by atoms with Crippen molar-refractivity contribution in [2.75, 3.05) is 22.5 Å². The van der Waals surface area contributed by atoms with Crippen LogP contribution in [0.1, 0.15) is 17.5 Å². The van der Waals surface area contributed by atoms with E-state index in [1.54, 1.807) is 11.0 Å². The van der Waals surface area contributed by atoms with Gasteiger partial charge in [0.1, 0.15) is 5.69 Å². The highest BCUT2D eigenvalue weighted by Crippen LogP contribution is 2.30.